The number of hydrogen-bond donors (Lipinski definition) is 1. The fourth-order valence-electron chi connectivity index (χ4n) is 0.927. The minimum absolute atomic E-state index is 0.103. The second-order valence-corrected chi connectivity index (χ2v) is 3.60. The highest BCUT2D eigenvalue weighted by atomic mass is 79.9. The van der Waals surface area contributed by atoms with Crippen LogP contribution in [-0.4, -0.2) is 22.6 Å². The highest BCUT2D eigenvalue weighted by Gasteiger charge is 2.29. The number of alkyl halides is 3. The van der Waals surface area contributed by atoms with Crippen molar-refractivity contribution in [3.63, 3.8) is 0 Å². The van der Waals surface area contributed by atoms with Gasteiger partial charge in [0, 0.05) is 6.20 Å². The van der Waals surface area contributed by atoms with Gasteiger partial charge in [0.15, 0.2) is 0 Å². The number of rotatable bonds is 3. The molecule has 9 heteroatoms. The van der Waals surface area contributed by atoms with Crippen molar-refractivity contribution in [3.8, 4) is 0 Å². The molecule has 0 atom stereocenters. The summed E-state index contributed by atoms with van der Waals surface area (Å²) in [6, 6.07) is 0. The number of nitrogens with one attached hydrogen (secondary N) is 1. The summed E-state index contributed by atoms with van der Waals surface area (Å²) in [6.45, 7) is -1.35. The Morgan fingerprint density at radius 1 is 1.50 bits per heavy atom. The largest absolute Gasteiger partial charge is 0.405 e. The Balaban J connectivity index is 2.98. The van der Waals surface area contributed by atoms with Crippen LogP contribution in [0.15, 0.2) is 16.9 Å². The summed E-state index contributed by atoms with van der Waals surface area (Å²) in [5.74, 6) is 0. The SMILES string of the molecule is O=[N+]([O-])c1cncc(Br)c1NCC(F)(F)F. The molecule has 0 amide bonds. The maximum atomic E-state index is 11.9. The molecule has 0 aliphatic heterocycles. The van der Waals surface area contributed by atoms with Crippen molar-refractivity contribution in [1.82, 2.24) is 4.98 Å². The average Bonchev–Trinajstić information content (AvgIpc) is 2.13. The molecule has 1 aromatic heterocycles. The van der Waals surface area contributed by atoms with Gasteiger partial charge in [0.05, 0.1) is 9.40 Å². The summed E-state index contributed by atoms with van der Waals surface area (Å²) in [5.41, 5.74) is -0.754. The van der Waals surface area contributed by atoms with E-state index in [9.17, 15) is 23.3 Å². The van der Waals surface area contributed by atoms with Gasteiger partial charge in [0.2, 0.25) is 0 Å². The Morgan fingerprint density at radius 2 is 2.12 bits per heavy atom. The second kappa shape index (κ2) is 4.64. The second-order valence-electron chi connectivity index (χ2n) is 2.74. The van der Waals surface area contributed by atoms with Gasteiger partial charge < -0.3 is 5.32 Å². The molecule has 1 aromatic rings. The van der Waals surface area contributed by atoms with Crippen LogP contribution in [0.4, 0.5) is 24.5 Å². The van der Waals surface area contributed by atoms with Gasteiger partial charge >= 0.3 is 11.9 Å². The third-order valence-corrected chi connectivity index (χ3v) is 2.14. The average molecular weight is 300 g/mol. The molecule has 0 aromatic carbocycles. The van der Waals surface area contributed by atoms with Crippen LogP contribution in [0.2, 0.25) is 0 Å². The molecular formula is C7H5BrF3N3O2. The molecule has 5 nitrogen and oxygen atoms in total. The fraction of sp³-hybridized carbons (Fsp3) is 0.286. The van der Waals surface area contributed by atoms with E-state index in [1.807, 2.05) is 5.32 Å². The molecule has 0 bridgehead atoms. The summed E-state index contributed by atoms with van der Waals surface area (Å²) in [4.78, 5) is 13.2. The zero-order valence-electron chi connectivity index (χ0n) is 7.58. The predicted octanol–water partition coefficient (Wildman–Crippen LogP) is 2.73. The monoisotopic (exact) mass is 299 g/mol. The minimum Gasteiger partial charge on any atom is -0.370 e. The van der Waals surface area contributed by atoms with Gasteiger partial charge in [0.25, 0.3) is 0 Å². The van der Waals surface area contributed by atoms with Gasteiger partial charge in [0.1, 0.15) is 18.4 Å². The lowest BCUT2D eigenvalue weighted by molar-refractivity contribution is -0.384. The molecule has 88 valence electrons. The maximum absolute atomic E-state index is 11.9. The molecule has 0 fully saturated rings. The Kier molecular flexibility index (Phi) is 3.68. The lowest BCUT2D eigenvalue weighted by atomic mass is 10.3. The van der Waals surface area contributed by atoms with Crippen molar-refractivity contribution in [3.05, 3.63) is 27.0 Å². The summed E-state index contributed by atoms with van der Waals surface area (Å²) >= 11 is 2.89. The van der Waals surface area contributed by atoms with Crippen molar-refractivity contribution >= 4 is 27.3 Å². The molecule has 0 unspecified atom stereocenters. The van der Waals surface area contributed by atoms with Crippen LogP contribution in [0, 0.1) is 10.1 Å². The van der Waals surface area contributed by atoms with E-state index in [2.05, 4.69) is 20.9 Å². The summed E-state index contributed by atoms with van der Waals surface area (Å²) in [7, 11) is 0. The third-order valence-electron chi connectivity index (χ3n) is 1.54. The first kappa shape index (κ1) is 12.7. The third kappa shape index (κ3) is 3.33. The minimum atomic E-state index is -4.45. The summed E-state index contributed by atoms with van der Waals surface area (Å²) < 4.78 is 35.9. The van der Waals surface area contributed by atoms with Gasteiger partial charge in [-0.2, -0.15) is 13.2 Å². The normalized spacial score (nSPS) is 11.2. The van der Waals surface area contributed by atoms with Crippen molar-refractivity contribution < 1.29 is 18.1 Å². The number of aromatic nitrogens is 1. The van der Waals surface area contributed by atoms with Crippen LogP contribution >= 0.6 is 15.9 Å². The number of nitrogens with zero attached hydrogens (tertiary/aromatic N) is 2. The fourth-order valence-corrected chi connectivity index (χ4v) is 1.39. The number of anilines is 1. The first-order valence-electron chi connectivity index (χ1n) is 3.90. The van der Waals surface area contributed by atoms with Crippen molar-refractivity contribution in [2.75, 3.05) is 11.9 Å². The number of halogens is 4. The van der Waals surface area contributed by atoms with Crippen LogP contribution < -0.4 is 5.32 Å². The highest BCUT2D eigenvalue weighted by Crippen LogP contribution is 2.31. The predicted molar refractivity (Wildman–Crippen MR) is 53.1 cm³/mol. The quantitative estimate of drug-likeness (QED) is 0.688. The zero-order chi connectivity index (χ0) is 12.3. The standard InChI is InChI=1S/C7H5BrF3N3O2/c8-4-1-12-2-5(14(15)16)6(4)13-3-7(9,10)11/h1-2H,3H2,(H,12,13). The van der Waals surface area contributed by atoms with E-state index in [0.717, 1.165) is 6.20 Å². The first-order valence-corrected chi connectivity index (χ1v) is 4.69. The Morgan fingerprint density at radius 3 is 2.62 bits per heavy atom. The smallest absolute Gasteiger partial charge is 0.370 e. The molecule has 0 saturated heterocycles. The van der Waals surface area contributed by atoms with Gasteiger partial charge in [-0.1, -0.05) is 0 Å². The van der Waals surface area contributed by atoms with Crippen LogP contribution in [0.3, 0.4) is 0 Å². The Bertz CT molecular complexity index is 410. The van der Waals surface area contributed by atoms with E-state index in [1.54, 1.807) is 0 Å². The Hall–Kier alpha value is -1.38. The number of hydrogen-bond acceptors (Lipinski definition) is 4. The maximum Gasteiger partial charge on any atom is 0.405 e. The molecule has 1 heterocycles. The van der Waals surface area contributed by atoms with Gasteiger partial charge in [-0.3, -0.25) is 15.1 Å². The van der Waals surface area contributed by atoms with E-state index in [-0.39, 0.29) is 10.2 Å². The lowest BCUT2D eigenvalue weighted by Crippen LogP contribution is -2.22. The highest BCUT2D eigenvalue weighted by molar-refractivity contribution is 9.10. The number of nitro groups is 1. The first-order chi connectivity index (χ1) is 7.31. The van der Waals surface area contributed by atoms with Crippen LogP contribution in [0.5, 0.6) is 0 Å². The topological polar surface area (TPSA) is 68.1 Å². The van der Waals surface area contributed by atoms with E-state index in [4.69, 9.17) is 0 Å². The molecule has 0 radical (unpaired) electrons. The van der Waals surface area contributed by atoms with E-state index in [1.165, 1.54) is 6.20 Å². The van der Waals surface area contributed by atoms with Gasteiger partial charge in [-0.05, 0) is 15.9 Å². The van der Waals surface area contributed by atoms with Crippen molar-refractivity contribution in [2.24, 2.45) is 0 Å². The van der Waals surface area contributed by atoms with Gasteiger partial charge in [-0.25, -0.2) is 0 Å². The van der Waals surface area contributed by atoms with E-state index >= 15 is 0 Å². The van der Waals surface area contributed by atoms with Crippen LogP contribution in [0.25, 0.3) is 0 Å². The van der Waals surface area contributed by atoms with Crippen LogP contribution in [0.1, 0.15) is 0 Å². The number of pyridine rings is 1. The molecular weight excluding hydrogens is 295 g/mol. The molecule has 0 saturated carbocycles. The molecule has 1 rings (SSSR count). The van der Waals surface area contributed by atoms with Gasteiger partial charge in [-0.15, -0.1) is 0 Å². The van der Waals surface area contributed by atoms with E-state index < -0.39 is 23.3 Å². The molecule has 0 spiro atoms. The molecule has 0 aliphatic rings. The zero-order valence-corrected chi connectivity index (χ0v) is 9.17. The Labute approximate surface area is 95.9 Å². The lowest BCUT2D eigenvalue weighted by Gasteiger charge is -2.10. The van der Waals surface area contributed by atoms with Crippen LogP contribution in [-0.2, 0) is 0 Å². The van der Waals surface area contributed by atoms with Crippen molar-refractivity contribution in [1.29, 1.82) is 0 Å². The molecule has 1 N–H and O–H groups in total. The van der Waals surface area contributed by atoms with E-state index in [0.29, 0.717) is 0 Å². The summed E-state index contributed by atoms with van der Waals surface area (Å²) in [6.07, 6.45) is -2.40. The van der Waals surface area contributed by atoms with Crippen molar-refractivity contribution in [2.45, 2.75) is 6.18 Å². The molecule has 16 heavy (non-hydrogen) atoms. The summed E-state index contributed by atoms with van der Waals surface area (Å²) in [5, 5.41) is 12.5. The molecule has 0 aliphatic carbocycles.